The lowest BCUT2D eigenvalue weighted by molar-refractivity contribution is 0.0930. The first-order chi connectivity index (χ1) is 15.3. The van der Waals surface area contributed by atoms with E-state index < -0.39 is 6.17 Å². The maximum absolute atomic E-state index is 13.1. The van der Waals surface area contributed by atoms with Crippen LogP contribution >= 0.6 is 34.5 Å². The molecule has 2 N–H and O–H groups in total. The number of furan rings is 1. The lowest BCUT2D eigenvalue weighted by Gasteiger charge is -2.36. The quantitative estimate of drug-likeness (QED) is 0.395. The molecule has 32 heavy (non-hydrogen) atoms. The summed E-state index contributed by atoms with van der Waals surface area (Å²) in [6.07, 6.45) is 3.92. The van der Waals surface area contributed by atoms with Crippen LogP contribution in [-0.2, 0) is 12.8 Å². The molecule has 0 radical (unpaired) electrons. The number of carbonyl (C=O) groups is 1. The average molecular weight is 489 g/mol. The summed E-state index contributed by atoms with van der Waals surface area (Å²) >= 11 is 13.9. The fourth-order valence-corrected chi connectivity index (χ4v) is 6.36. The van der Waals surface area contributed by atoms with Gasteiger partial charge in [-0.25, -0.2) is 0 Å². The monoisotopic (exact) mass is 488 g/mol. The number of benzene rings is 1. The van der Waals surface area contributed by atoms with E-state index in [0.717, 1.165) is 35.4 Å². The third-order valence-electron chi connectivity index (χ3n) is 7.18. The van der Waals surface area contributed by atoms with Crippen LogP contribution in [-0.4, -0.2) is 5.91 Å². The minimum absolute atomic E-state index is 0.0260. The Bertz CT molecular complexity index is 1200. The number of carbonyl (C=O) groups excluding carboxylic acids is 1. The summed E-state index contributed by atoms with van der Waals surface area (Å²) in [4.78, 5) is 14.4. The van der Waals surface area contributed by atoms with Crippen LogP contribution < -0.4 is 10.6 Å². The molecule has 7 heteroatoms. The maximum Gasteiger partial charge on any atom is 0.256 e. The molecule has 2 aromatic heterocycles. The Hall–Kier alpha value is -1.95. The fourth-order valence-electron chi connectivity index (χ4n) is 4.71. The normalized spacial score (nSPS) is 20.3. The van der Waals surface area contributed by atoms with Crippen molar-refractivity contribution < 1.29 is 9.21 Å². The number of thiophene rings is 1. The van der Waals surface area contributed by atoms with Crippen LogP contribution in [0, 0.1) is 11.3 Å². The van der Waals surface area contributed by atoms with Gasteiger partial charge in [-0.1, -0.05) is 50.4 Å². The van der Waals surface area contributed by atoms with Gasteiger partial charge in [0.2, 0.25) is 0 Å². The lowest BCUT2D eigenvalue weighted by atomic mass is 9.69. The number of amides is 1. The van der Waals surface area contributed by atoms with Gasteiger partial charge in [0.25, 0.3) is 5.91 Å². The van der Waals surface area contributed by atoms with Crippen LogP contribution in [0.25, 0.3) is 11.3 Å². The molecule has 0 fully saturated rings. The minimum Gasteiger partial charge on any atom is -0.457 e. The first kappa shape index (κ1) is 21.9. The molecule has 0 spiro atoms. The van der Waals surface area contributed by atoms with Gasteiger partial charge in [0.15, 0.2) is 6.17 Å². The van der Waals surface area contributed by atoms with Crippen LogP contribution in [0.2, 0.25) is 10.0 Å². The summed E-state index contributed by atoms with van der Waals surface area (Å²) in [7, 11) is 0. The second-order valence-electron chi connectivity index (χ2n) is 9.37. The van der Waals surface area contributed by atoms with Gasteiger partial charge in [0.05, 0.1) is 15.6 Å². The third kappa shape index (κ3) is 3.74. The highest BCUT2D eigenvalue weighted by Crippen LogP contribution is 2.47. The van der Waals surface area contributed by atoms with E-state index in [9.17, 15) is 4.79 Å². The van der Waals surface area contributed by atoms with E-state index in [2.05, 4.69) is 31.4 Å². The largest absolute Gasteiger partial charge is 0.457 e. The van der Waals surface area contributed by atoms with Crippen LogP contribution in [0.1, 0.15) is 66.3 Å². The first-order valence-corrected chi connectivity index (χ1v) is 12.6. The van der Waals surface area contributed by atoms with Crippen LogP contribution in [0.15, 0.2) is 34.7 Å². The molecule has 0 bridgehead atoms. The van der Waals surface area contributed by atoms with Gasteiger partial charge in [-0.15, -0.1) is 11.3 Å². The van der Waals surface area contributed by atoms with E-state index in [1.165, 1.54) is 16.9 Å². The molecular weight excluding hydrogens is 463 g/mol. The molecule has 1 aliphatic carbocycles. The molecule has 5 rings (SSSR count). The molecule has 3 heterocycles. The molecule has 1 aromatic carbocycles. The average Bonchev–Trinajstić information content (AvgIpc) is 3.40. The van der Waals surface area contributed by atoms with E-state index in [1.54, 1.807) is 23.5 Å². The molecule has 2 atom stereocenters. The summed E-state index contributed by atoms with van der Waals surface area (Å²) in [5, 5.41) is 8.51. The van der Waals surface area contributed by atoms with Crippen molar-refractivity contribution in [2.24, 2.45) is 11.3 Å². The van der Waals surface area contributed by atoms with Gasteiger partial charge in [-0.05, 0) is 66.5 Å². The molecule has 1 aliphatic heterocycles. The first-order valence-electron chi connectivity index (χ1n) is 11.0. The molecule has 168 valence electrons. The van der Waals surface area contributed by atoms with Crippen LogP contribution in [0.4, 0.5) is 5.00 Å². The Balaban J connectivity index is 1.40. The highest BCUT2D eigenvalue weighted by atomic mass is 35.5. The minimum atomic E-state index is -0.408. The van der Waals surface area contributed by atoms with Crippen molar-refractivity contribution in [2.45, 2.75) is 52.6 Å². The van der Waals surface area contributed by atoms with Crippen molar-refractivity contribution in [3.05, 3.63) is 62.1 Å². The predicted molar refractivity (Wildman–Crippen MR) is 132 cm³/mol. The van der Waals surface area contributed by atoms with Crippen LogP contribution in [0.5, 0.6) is 0 Å². The molecule has 0 saturated carbocycles. The Morgan fingerprint density at radius 2 is 1.97 bits per heavy atom. The van der Waals surface area contributed by atoms with Gasteiger partial charge in [-0.3, -0.25) is 4.79 Å². The van der Waals surface area contributed by atoms with E-state index >= 15 is 0 Å². The second kappa shape index (κ2) is 8.12. The van der Waals surface area contributed by atoms with Crippen molar-refractivity contribution >= 4 is 45.4 Å². The fraction of sp³-hybridized carbons (Fsp3) is 0.400. The summed E-state index contributed by atoms with van der Waals surface area (Å²) in [6, 6.07) is 9.16. The smallest absolute Gasteiger partial charge is 0.256 e. The summed E-state index contributed by atoms with van der Waals surface area (Å²) in [5.41, 5.74) is 3.21. The van der Waals surface area contributed by atoms with E-state index in [0.29, 0.717) is 32.9 Å². The zero-order valence-electron chi connectivity index (χ0n) is 18.4. The molecule has 0 saturated heterocycles. The van der Waals surface area contributed by atoms with Gasteiger partial charge in [0.1, 0.15) is 16.5 Å². The Kier molecular flexibility index (Phi) is 5.55. The number of rotatable bonds is 4. The van der Waals surface area contributed by atoms with Crippen LogP contribution in [0.3, 0.4) is 0 Å². The predicted octanol–water partition coefficient (Wildman–Crippen LogP) is 7.71. The van der Waals surface area contributed by atoms with E-state index in [1.807, 2.05) is 18.2 Å². The number of anilines is 1. The van der Waals surface area contributed by atoms with Crippen molar-refractivity contribution in [1.82, 2.24) is 5.32 Å². The topological polar surface area (TPSA) is 54.3 Å². The van der Waals surface area contributed by atoms with Gasteiger partial charge < -0.3 is 15.1 Å². The summed E-state index contributed by atoms with van der Waals surface area (Å²) in [6.45, 7) is 6.99. The second-order valence-corrected chi connectivity index (χ2v) is 11.3. The number of hydrogen-bond acceptors (Lipinski definition) is 4. The lowest BCUT2D eigenvalue weighted by Crippen LogP contribution is -2.38. The Morgan fingerprint density at radius 1 is 1.16 bits per heavy atom. The SMILES string of the molecule is CCC(C)(C)C1CCc2c(sc3c2C(=O)NC(c2ccc(-c4ccc(Cl)c(Cl)c4)o2)N3)C1. The molecular formula is C25H26Cl2N2O2S. The number of fused-ring (bicyclic) bond motifs is 3. The number of nitrogens with one attached hydrogen (secondary N) is 2. The van der Waals surface area contributed by atoms with Crippen molar-refractivity contribution in [3.63, 3.8) is 0 Å². The molecule has 3 aromatic rings. The molecule has 1 amide bonds. The maximum atomic E-state index is 13.1. The van der Waals surface area contributed by atoms with Crippen molar-refractivity contribution in [1.29, 1.82) is 0 Å². The number of halogens is 2. The Morgan fingerprint density at radius 3 is 2.72 bits per heavy atom. The van der Waals surface area contributed by atoms with Gasteiger partial charge in [0, 0.05) is 10.4 Å². The van der Waals surface area contributed by atoms with Gasteiger partial charge in [-0.2, -0.15) is 0 Å². The van der Waals surface area contributed by atoms with Crippen molar-refractivity contribution in [3.8, 4) is 11.3 Å². The number of hydrogen-bond donors (Lipinski definition) is 2. The highest BCUT2D eigenvalue weighted by Gasteiger charge is 2.37. The third-order valence-corrected chi connectivity index (χ3v) is 9.10. The Labute approximate surface area is 202 Å². The zero-order valence-corrected chi connectivity index (χ0v) is 20.7. The molecule has 2 aliphatic rings. The highest BCUT2D eigenvalue weighted by molar-refractivity contribution is 7.16. The van der Waals surface area contributed by atoms with Crippen molar-refractivity contribution in [2.75, 3.05) is 5.32 Å². The molecule has 2 unspecified atom stereocenters. The van der Waals surface area contributed by atoms with E-state index in [4.69, 9.17) is 27.6 Å². The van der Waals surface area contributed by atoms with Gasteiger partial charge >= 0.3 is 0 Å². The van der Waals surface area contributed by atoms with E-state index in [-0.39, 0.29) is 5.91 Å². The summed E-state index contributed by atoms with van der Waals surface area (Å²) in [5.74, 6) is 1.96. The summed E-state index contributed by atoms with van der Waals surface area (Å²) < 4.78 is 6.07. The molecule has 4 nitrogen and oxygen atoms in total. The standard InChI is InChI=1S/C25H26Cl2N2O2S/c1-4-25(2,3)14-6-7-15-20(12-14)32-24-21(15)23(30)28-22(29-24)19-10-9-18(31-19)13-5-8-16(26)17(27)11-13/h5,8-11,14,22,29H,4,6-7,12H2,1-3H3,(H,28,30). The zero-order chi connectivity index (χ0) is 22.6.